The Labute approximate surface area is 90.6 Å². The van der Waals surface area contributed by atoms with Crippen LogP contribution in [0.1, 0.15) is 0 Å². The number of hydrogen-bond donors (Lipinski definition) is 0. The molecule has 0 atom stereocenters. The molecule has 0 N–H and O–H groups in total. The highest BCUT2D eigenvalue weighted by Crippen LogP contribution is 2.29. The van der Waals surface area contributed by atoms with Gasteiger partial charge in [0.2, 0.25) is 0 Å². The second-order valence-corrected chi connectivity index (χ2v) is 3.44. The SMILES string of the molecule is [C-]#[N+]c1cccc2c1cc(F)n1ccnc21. The third-order valence-corrected chi connectivity index (χ3v) is 2.58. The zero-order chi connectivity index (χ0) is 11.1. The standard InChI is InChI=1S/C12H6FN3/c1-14-10-4-2-3-8-9(10)7-11(13)16-6-5-15-12(8)16/h2-7H. The minimum absolute atomic E-state index is 0.406. The summed E-state index contributed by atoms with van der Waals surface area (Å²) in [6.07, 6.45) is 3.11. The zero-order valence-corrected chi connectivity index (χ0v) is 8.18. The van der Waals surface area contributed by atoms with Crippen molar-refractivity contribution in [2.24, 2.45) is 0 Å². The second kappa shape index (κ2) is 3.04. The number of imidazole rings is 1. The van der Waals surface area contributed by atoms with Gasteiger partial charge in [-0.1, -0.05) is 18.2 Å². The van der Waals surface area contributed by atoms with E-state index in [1.807, 2.05) is 6.07 Å². The van der Waals surface area contributed by atoms with Gasteiger partial charge < -0.3 is 0 Å². The van der Waals surface area contributed by atoms with Gasteiger partial charge in [-0.3, -0.25) is 4.40 Å². The average molecular weight is 211 g/mol. The van der Waals surface area contributed by atoms with Crippen LogP contribution in [0.15, 0.2) is 36.7 Å². The van der Waals surface area contributed by atoms with E-state index in [0.717, 1.165) is 5.39 Å². The van der Waals surface area contributed by atoms with E-state index < -0.39 is 5.95 Å². The molecule has 0 saturated carbocycles. The van der Waals surface area contributed by atoms with E-state index in [9.17, 15) is 4.39 Å². The fourth-order valence-corrected chi connectivity index (χ4v) is 1.86. The molecule has 0 aliphatic heterocycles. The third-order valence-electron chi connectivity index (χ3n) is 2.58. The van der Waals surface area contributed by atoms with Gasteiger partial charge in [0.05, 0.1) is 6.57 Å². The van der Waals surface area contributed by atoms with E-state index in [1.165, 1.54) is 10.5 Å². The lowest BCUT2D eigenvalue weighted by molar-refractivity contribution is 0.570. The first-order valence-corrected chi connectivity index (χ1v) is 4.73. The van der Waals surface area contributed by atoms with Crippen LogP contribution in [0.5, 0.6) is 0 Å². The van der Waals surface area contributed by atoms with E-state index in [2.05, 4.69) is 9.83 Å². The molecule has 0 aliphatic carbocycles. The Kier molecular flexibility index (Phi) is 1.68. The van der Waals surface area contributed by atoms with E-state index in [-0.39, 0.29) is 0 Å². The van der Waals surface area contributed by atoms with Crippen LogP contribution in [-0.2, 0) is 0 Å². The Morgan fingerprint density at radius 3 is 3.00 bits per heavy atom. The van der Waals surface area contributed by atoms with Crippen LogP contribution in [0, 0.1) is 12.5 Å². The number of nitrogens with zero attached hydrogens (tertiary/aromatic N) is 3. The summed E-state index contributed by atoms with van der Waals surface area (Å²) in [4.78, 5) is 7.48. The average Bonchev–Trinajstić information content (AvgIpc) is 2.78. The highest BCUT2D eigenvalue weighted by molar-refractivity contribution is 6.01. The Balaban J connectivity index is 2.64. The van der Waals surface area contributed by atoms with E-state index in [1.54, 1.807) is 24.5 Å². The molecule has 0 unspecified atom stereocenters. The number of benzene rings is 1. The molecule has 0 saturated heterocycles. The number of aromatic nitrogens is 2. The topological polar surface area (TPSA) is 21.7 Å². The summed E-state index contributed by atoms with van der Waals surface area (Å²) in [5.74, 6) is -0.406. The first-order chi connectivity index (χ1) is 7.81. The molecule has 3 aromatic rings. The number of pyridine rings is 1. The molecule has 3 nitrogen and oxygen atoms in total. The van der Waals surface area contributed by atoms with Gasteiger partial charge in [-0.05, 0) is 11.5 Å². The van der Waals surface area contributed by atoms with Crippen LogP contribution >= 0.6 is 0 Å². The van der Waals surface area contributed by atoms with Gasteiger partial charge in [0.15, 0.2) is 11.6 Å². The van der Waals surface area contributed by atoms with Crippen LogP contribution < -0.4 is 0 Å². The van der Waals surface area contributed by atoms with Gasteiger partial charge in [0, 0.05) is 17.8 Å². The Morgan fingerprint density at radius 2 is 2.19 bits per heavy atom. The van der Waals surface area contributed by atoms with Gasteiger partial charge in [0.25, 0.3) is 0 Å². The lowest BCUT2D eigenvalue weighted by Gasteiger charge is -2.03. The molecule has 0 amide bonds. The third kappa shape index (κ3) is 1.03. The van der Waals surface area contributed by atoms with Crippen molar-refractivity contribution in [3.63, 3.8) is 0 Å². The largest absolute Gasteiger partial charge is 0.276 e. The summed E-state index contributed by atoms with van der Waals surface area (Å²) in [7, 11) is 0. The lowest BCUT2D eigenvalue weighted by atomic mass is 10.1. The predicted octanol–water partition coefficient (Wildman–Crippen LogP) is 3.18. The molecule has 1 aromatic carbocycles. The van der Waals surface area contributed by atoms with Gasteiger partial charge in [-0.15, -0.1) is 0 Å². The molecule has 76 valence electrons. The summed E-state index contributed by atoms with van der Waals surface area (Å²) in [6, 6.07) is 6.67. The van der Waals surface area contributed by atoms with Crippen LogP contribution in [0.4, 0.5) is 10.1 Å². The quantitative estimate of drug-likeness (QED) is 0.413. The normalized spacial score (nSPS) is 10.8. The molecule has 0 bridgehead atoms. The summed E-state index contributed by atoms with van der Waals surface area (Å²) in [5, 5.41) is 1.40. The summed E-state index contributed by atoms with van der Waals surface area (Å²) in [6.45, 7) is 7.04. The van der Waals surface area contributed by atoms with Crippen LogP contribution in [0.2, 0.25) is 0 Å². The van der Waals surface area contributed by atoms with Crippen molar-refractivity contribution in [1.29, 1.82) is 0 Å². The van der Waals surface area contributed by atoms with Crippen molar-refractivity contribution in [2.45, 2.75) is 0 Å². The Morgan fingerprint density at radius 1 is 1.31 bits per heavy atom. The molecule has 2 heterocycles. The fourth-order valence-electron chi connectivity index (χ4n) is 1.86. The minimum Gasteiger partial charge on any atom is -0.276 e. The fraction of sp³-hybridized carbons (Fsp3) is 0. The van der Waals surface area contributed by atoms with Crippen molar-refractivity contribution in [3.05, 3.63) is 54.0 Å². The van der Waals surface area contributed by atoms with E-state index in [0.29, 0.717) is 16.7 Å². The first kappa shape index (κ1) is 8.86. The van der Waals surface area contributed by atoms with Crippen LogP contribution in [0.25, 0.3) is 21.3 Å². The maximum absolute atomic E-state index is 13.7. The highest BCUT2D eigenvalue weighted by atomic mass is 19.1. The Bertz CT molecular complexity index is 737. The monoisotopic (exact) mass is 211 g/mol. The maximum Gasteiger partial charge on any atom is 0.198 e. The van der Waals surface area contributed by atoms with Crippen molar-refractivity contribution in [1.82, 2.24) is 9.38 Å². The summed E-state index contributed by atoms with van der Waals surface area (Å²) >= 11 is 0. The predicted molar refractivity (Wildman–Crippen MR) is 58.9 cm³/mol. The van der Waals surface area contributed by atoms with Crippen molar-refractivity contribution in [3.8, 4) is 0 Å². The molecule has 16 heavy (non-hydrogen) atoms. The molecule has 0 radical (unpaired) electrons. The number of halogens is 1. The van der Waals surface area contributed by atoms with Crippen molar-refractivity contribution >= 4 is 22.1 Å². The molecular weight excluding hydrogens is 205 g/mol. The van der Waals surface area contributed by atoms with Gasteiger partial charge >= 0.3 is 0 Å². The van der Waals surface area contributed by atoms with E-state index >= 15 is 0 Å². The molecule has 0 fully saturated rings. The summed E-state index contributed by atoms with van der Waals surface area (Å²) in [5.41, 5.74) is 0.988. The second-order valence-electron chi connectivity index (χ2n) is 3.44. The molecule has 0 spiro atoms. The summed E-state index contributed by atoms with van der Waals surface area (Å²) < 4.78 is 15.1. The van der Waals surface area contributed by atoms with Gasteiger partial charge in [-0.25, -0.2) is 9.83 Å². The molecule has 4 heteroatoms. The van der Waals surface area contributed by atoms with Crippen LogP contribution in [-0.4, -0.2) is 9.38 Å². The number of hydrogen-bond acceptors (Lipinski definition) is 1. The molecule has 3 rings (SSSR count). The zero-order valence-electron chi connectivity index (χ0n) is 8.18. The first-order valence-electron chi connectivity index (χ1n) is 4.73. The minimum atomic E-state index is -0.406. The van der Waals surface area contributed by atoms with Crippen molar-refractivity contribution < 1.29 is 4.39 Å². The molecule has 2 aromatic heterocycles. The lowest BCUT2D eigenvalue weighted by Crippen LogP contribution is -1.92. The Hall–Kier alpha value is -2.41. The number of fused-ring (bicyclic) bond motifs is 3. The van der Waals surface area contributed by atoms with Crippen molar-refractivity contribution in [2.75, 3.05) is 0 Å². The maximum atomic E-state index is 13.7. The van der Waals surface area contributed by atoms with Gasteiger partial charge in [-0.2, -0.15) is 4.39 Å². The molecular formula is C12H6FN3. The molecule has 0 aliphatic rings. The van der Waals surface area contributed by atoms with E-state index in [4.69, 9.17) is 6.57 Å². The highest BCUT2D eigenvalue weighted by Gasteiger charge is 2.09. The van der Waals surface area contributed by atoms with Gasteiger partial charge in [0.1, 0.15) is 5.65 Å². The number of rotatable bonds is 0. The smallest absolute Gasteiger partial charge is 0.198 e. The van der Waals surface area contributed by atoms with Crippen LogP contribution in [0.3, 0.4) is 0 Å².